The third-order valence-corrected chi connectivity index (χ3v) is 6.63. The summed E-state index contributed by atoms with van der Waals surface area (Å²) >= 11 is 1.27. The summed E-state index contributed by atoms with van der Waals surface area (Å²) in [6.07, 6.45) is -3.01. The minimum atomic E-state index is -4.56. The minimum Gasteiger partial charge on any atom is -0.484 e. The summed E-state index contributed by atoms with van der Waals surface area (Å²) in [5.41, 5.74) is -0.330. The fraction of sp³-hybridized carbons (Fsp3) is 0.333. The zero-order valence-corrected chi connectivity index (χ0v) is 19.7. The Morgan fingerprint density at radius 3 is 2.63 bits per heavy atom. The van der Waals surface area contributed by atoms with Gasteiger partial charge in [-0.3, -0.25) is 14.6 Å². The van der Waals surface area contributed by atoms with Crippen molar-refractivity contribution in [2.24, 2.45) is 0 Å². The van der Waals surface area contributed by atoms with Gasteiger partial charge in [-0.25, -0.2) is 4.98 Å². The number of ether oxygens (including phenoxy) is 1. The highest BCUT2D eigenvalue weighted by Crippen LogP contribution is 2.34. The molecule has 2 aromatic heterocycles. The number of carbonyl (C=O) groups is 2. The van der Waals surface area contributed by atoms with Crippen molar-refractivity contribution in [1.29, 1.82) is 0 Å². The van der Waals surface area contributed by atoms with Crippen molar-refractivity contribution in [3.05, 3.63) is 64.7 Å². The van der Waals surface area contributed by atoms with Crippen LogP contribution in [0.2, 0.25) is 0 Å². The van der Waals surface area contributed by atoms with E-state index in [1.54, 1.807) is 39.4 Å². The molecule has 0 saturated carbocycles. The molecule has 1 aliphatic heterocycles. The number of benzene rings is 1. The summed E-state index contributed by atoms with van der Waals surface area (Å²) in [5, 5.41) is 2.26. The molecular weight excluding hydrogens is 481 g/mol. The van der Waals surface area contributed by atoms with Gasteiger partial charge in [0.2, 0.25) is 5.91 Å². The molecule has 184 valence electrons. The van der Waals surface area contributed by atoms with E-state index in [1.807, 2.05) is 6.07 Å². The van der Waals surface area contributed by atoms with E-state index in [9.17, 15) is 22.8 Å². The first-order chi connectivity index (χ1) is 16.7. The van der Waals surface area contributed by atoms with E-state index in [4.69, 9.17) is 4.74 Å². The van der Waals surface area contributed by atoms with Gasteiger partial charge in [-0.05, 0) is 30.7 Å². The maximum absolute atomic E-state index is 13.2. The Bertz CT molecular complexity index is 1190. The van der Waals surface area contributed by atoms with Crippen molar-refractivity contribution in [2.75, 3.05) is 26.2 Å². The van der Waals surface area contributed by atoms with E-state index in [0.29, 0.717) is 48.1 Å². The first-order valence-corrected chi connectivity index (χ1v) is 11.8. The molecule has 1 unspecified atom stereocenters. The van der Waals surface area contributed by atoms with Crippen LogP contribution >= 0.6 is 11.3 Å². The van der Waals surface area contributed by atoms with E-state index < -0.39 is 17.9 Å². The average molecular weight is 505 g/mol. The van der Waals surface area contributed by atoms with Gasteiger partial charge in [0.15, 0.2) is 6.61 Å². The molecule has 1 aromatic carbocycles. The Balaban J connectivity index is 1.58. The number of amides is 2. The van der Waals surface area contributed by atoms with E-state index >= 15 is 0 Å². The summed E-state index contributed by atoms with van der Waals surface area (Å²) in [7, 11) is 0. The van der Waals surface area contributed by atoms with Crippen LogP contribution in [0.3, 0.4) is 0 Å². The minimum absolute atomic E-state index is 0.0881. The van der Waals surface area contributed by atoms with Gasteiger partial charge < -0.3 is 14.5 Å². The Labute approximate surface area is 204 Å². The maximum atomic E-state index is 13.2. The van der Waals surface area contributed by atoms with Crippen molar-refractivity contribution >= 4 is 23.2 Å². The van der Waals surface area contributed by atoms with Gasteiger partial charge in [0.05, 0.1) is 11.7 Å². The summed E-state index contributed by atoms with van der Waals surface area (Å²) in [5.74, 6) is 0.214. The molecule has 4 rings (SSSR count). The lowest BCUT2D eigenvalue weighted by molar-refractivity contribution is -0.141. The molecule has 0 N–H and O–H groups in total. The first-order valence-electron chi connectivity index (χ1n) is 10.9. The van der Waals surface area contributed by atoms with E-state index in [-0.39, 0.29) is 18.4 Å². The number of para-hydroxylation sites is 1. The molecule has 1 fully saturated rings. The predicted molar refractivity (Wildman–Crippen MR) is 124 cm³/mol. The molecule has 0 radical (unpaired) electrons. The summed E-state index contributed by atoms with van der Waals surface area (Å²) in [6, 6.07) is 10.9. The Hall–Kier alpha value is -3.47. The number of hydrogen-bond acceptors (Lipinski definition) is 6. The van der Waals surface area contributed by atoms with Crippen LogP contribution in [0.15, 0.2) is 54.0 Å². The lowest BCUT2D eigenvalue weighted by Crippen LogP contribution is -2.40. The molecule has 0 bridgehead atoms. The van der Waals surface area contributed by atoms with Gasteiger partial charge in [-0.1, -0.05) is 18.2 Å². The second-order valence-corrected chi connectivity index (χ2v) is 8.89. The average Bonchev–Trinajstić information content (AvgIpc) is 3.22. The van der Waals surface area contributed by atoms with Crippen LogP contribution in [0.4, 0.5) is 13.2 Å². The molecule has 3 heterocycles. The molecule has 1 saturated heterocycles. The number of halogens is 3. The molecular formula is C24H23F3N4O3S. The van der Waals surface area contributed by atoms with Crippen LogP contribution in [0, 0.1) is 0 Å². The van der Waals surface area contributed by atoms with Crippen LogP contribution in [-0.4, -0.2) is 57.8 Å². The summed E-state index contributed by atoms with van der Waals surface area (Å²) in [6.45, 7) is 2.40. The maximum Gasteiger partial charge on any atom is 0.433 e. The van der Waals surface area contributed by atoms with Crippen LogP contribution in [0.25, 0.3) is 11.3 Å². The molecule has 7 nitrogen and oxygen atoms in total. The Morgan fingerprint density at radius 2 is 1.91 bits per heavy atom. The monoisotopic (exact) mass is 504 g/mol. The number of pyridine rings is 1. The third kappa shape index (κ3) is 5.97. The van der Waals surface area contributed by atoms with Gasteiger partial charge in [-0.2, -0.15) is 13.2 Å². The third-order valence-electron chi connectivity index (χ3n) is 5.68. The normalized spacial score (nSPS) is 16.6. The molecule has 35 heavy (non-hydrogen) atoms. The number of hydrogen-bond donors (Lipinski definition) is 0. The molecule has 11 heteroatoms. The molecule has 2 amide bonds. The number of carbonyl (C=O) groups excluding carboxylic acids is 2. The van der Waals surface area contributed by atoms with Crippen LogP contribution in [0.1, 0.15) is 30.1 Å². The summed E-state index contributed by atoms with van der Waals surface area (Å²) in [4.78, 5) is 36.4. The highest BCUT2D eigenvalue weighted by atomic mass is 32.1. The fourth-order valence-corrected chi connectivity index (χ4v) is 4.84. The van der Waals surface area contributed by atoms with Crippen molar-refractivity contribution in [2.45, 2.75) is 25.6 Å². The van der Waals surface area contributed by atoms with Crippen LogP contribution < -0.4 is 4.74 Å². The molecule has 1 atom stereocenters. The van der Waals surface area contributed by atoms with Crippen LogP contribution in [0.5, 0.6) is 5.75 Å². The zero-order valence-electron chi connectivity index (χ0n) is 18.9. The molecule has 3 aromatic rings. The quantitative estimate of drug-likeness (QED) is 0.514. The number of thiazole rings is 1. The lowest BCUT2D eigenvalue weighted by atomic mass is 10.1. The van der Waals surface area contributed by atoms with Crippen molar-refractivity contribution in [3.63, 3.8) is 0 Å². The van der Waals surface area contributed by atoms with Crippen molar-refractivity contribution in [3.8, 4) is 17.0 Å². The van der Waals surface area contributed by atoms with E-state index in [2.05, 4.69) is 9.97 Å². The largest absolute Gasteiger partial charge is 0.484 e. The molecule has 0 aliphatic carbocycles. The fourth-order valence-electron chi connectivity index (χ4n) is 3.86. The van der Waals surface area contributed by atoms with Gasteiger partial charge in [0.25, 0.3) is 5.91 Å². The van der Waals surface area contributed by atoms with Gasteiger partial charge >= 0.3 is 6.18 Å². The highest BCUT2D eigenvalue weighted by molar-refractivity contribution is 7.10. The van der Waals surface area contributed by atoms with Crippen molar-refractivity contribution in [1.82, 2.24) is 19.8 Å². The second kappa shape index (κ2) is 10.4. The summed E-state index contributed by atoms with van der Waals surface area (Å²) < 4.78 is 44.9. The number of nitrogens with zero attached hydrogens (tertiary/aromatic N) is 4. The number of alkyl halides is 3. The molecule has 0 spiro atoms. The van der Waals surface area contributed by atoms with Gasteiger partial charge in [-0.15, -0.1) is 11.3 Å². The second-order valence-electron chi connectivity index (χ2n) is 8.00. The molecule has 1 aliphatic rings. The van der Waals surface area contributed by atoms with Crippen molar-refractivity contribution < 1.29 is 27.5 Å². The van der Waals surface area contributed by atoms with Gasteiger partial charge in [0.1, 0.15) is 16.5 Å². The van der Waals surface area contributed by atoms with Gasteiger partial charge in [0, 0.05) is 43.7 Å². The van der Waals surface area contributed by atoms with E-state index in [0.717, 1.165) is 12.3 Å². The number of rotatable bonds is 5. The van der Waals surface area contributed by atoms with E-state index in [1.165, 1.54) is 24.3 Å². The Kier molecular flexibility index (Phi) is 7.34. The number of aromatic nitrogens is 2. The predicted octanol–water partition coefficient (Wildman–Crippen LogP) is 4.42. The topological polar surface area (TPSA) is 75.6 Å². The highest BCUT2D eigenvalue weighted by Gasteiger charge is 2.34. The first kappa shape index (κ1) is 24.6. The smallest absolute Gasteiger partial charge is 0.433 e. The van der Waals surface area contributed by atoms with Crippen LogP contribution in [-0.2, 0) is 15.8 Å². The SMILES string of the molecule is CC(=O)N1CCC(c2nc(-c3ccnc(C(F)(F)F)c3)cs2)N(C(=O)COc2ccccc2)CC1. The standard InChI is InChI=1S/C24H23F3N4O3S/c1-16(32)30-10-8-20(31(12-11-30)22(33)14-34-18-5-3-2-4-6-18)23-29-19(15-35-23)17-7-9-28-21(13-17)24(25,26)27/h2-7,9,13,15,20H,8,10-12,14H2,1H3. The lowest BCUT2D eigenvalue weighted by Gasteiger charge is -2.28. The zero-order chi connectivity index (χ0) is 25.0. The Morgan fingerprint density at radius 1 is 1.14 bits per heavy atom.